The van der Waals surface area contributed by atoms with Gasteiger partial charge >= 0.3 is 0 Å². The minimum atomic E-state index is 0. The Hall–Kier alpha value is -3.38. The predicted molar refractivity (Wildman–Crippen MR) is 209 cm³/mol. The lowest BCUT2D eigenvalue weighted by Gasteiger charge is -2.17. The van der Waals surface area contributed by atoms with Crippen molar-refractivity contribution in [1.29, 1.82) is 0 Å². The van der Waals surface area contributed by atoms with Gasteiger partial charge in [0, 0.05) is 52.0 Å². The normalized spacial score (nSPS) is 12.0. The van der Waals surface area contributed by atoms with Crippen LogP contribution in [0, 0.1) is 13.8 Å². The van der Waals surface area contributed by atoms with Crippen LogP contribution in [0.4, 0.5) is 0 Å². The van der Waals surface area contributed by atoms with Crippen LogP contribution in [0.15, 0.2) is 63.1 Å². The number of nitrogens with zero attached hydrogens (tertiary/aromatic N) is 2. The number of benzene rings is 2. The molecule has 3 heterocycles. The van der Waals surface area contributed by atoms with Crippen molar-refractivity contribution in [2.45, 2.75) is 132 Å². The molecule has 2 aromatic heterocycles. The maximum Gasteiger partial charge on any atom is 0.192 e. The Labute approximate surface area is 294 Å². The summed E-state index contributed by atoms with van der Waals surface area (Å²) in [6.45, 7) is 10.7. The number of thiocarbonyl (C=S) groups is 1. The van der Waals surface area contributed by atoms with Gasteiger partial charge in [0.1, 0.15) is 6.67 Å². The topological polar surface area (TPSA) is 76.5 Å². The van der Waals surface area contributed by atoms with Crippen LogP contribution < -0.4 is 10.9 Å². The van der Waals surface area contributed by atoms with Gasteiger partial charge in [0.05, 0.1) is 10.7 Å². The number of ether oxygens (including phenoxy) is 1. The number of fused-ring (bicyclic) bond motifs is 2. The Morgan fingerprint density at radius 2 is 1.33 bits per heavy atom. The molecule has 0 radical (unpaired) electrons. The third-order valence-electron chi connectivity index (χ3n) is 8.94. The number of aromatic nitrogens is 2. The van der Waals surface area contributed by atoms with Crippen molar-refractivity contribution in [3.05, 3.63) is 91.5 Å². The zero-order chi connectivity index (χ0) is 33.9. The third-order valence-corrected chi connectivity index (χ3v) is 9.07. The summed E-state index contributed by atoms with van der Waals surface area (Å²) in [5.74, 6) is 0. The highest BCUT2D eigenvalue weighted by Crippen LogP contribution is 2.19. The van der Waals surface area contributed by atoms with Crippen molar-refractivity contribution >= 4 is 39.2 Å². The first kappa shape index (κ1) is 40.8. The number of nitrogens with one attached hydrogen (secondary N) is 1. The van der Waals surface area contributed by atoms with E-state index in [-0.39, 0.29) is 18.3 Å². The van der Waals surface area contributed by atoms with Crippen LogP contribution in [-0.2, 0) is 24.2 Å². The Bertz CT molecular complexity index is 1690. The summed E-state index contributed by atoms with van der Waals surface area (Å²) >= 11 is 4.72. The highest BCUT2D eigenvalue weighted by molar-refractivity contribution is 7.78. The quantitative estimate of drug-likeness (QED) is 0.0821. The smallest absolute Gasteiger partial charge is 0.192 e. The molecular formula is C41H59N3O3S. The molecule has 0 aliphatic carbocycles. The van der Waals surface area contributed by atoms with Gasteiger partial charge in [0.2, 0.25) is 0 Å². The van der Waals surface area contributed by atoms with E-state index in [1.165, 1.54) is 64.2 Å². The molecule has 0 bridgehead atoms. The largest absolute Gasteiger partial charge is 0.381 e. The number of rotatable bonds is 14. The molecule has 1 saturated heterocycles. The average molecular weight is 674 g/mol. The molecule has 0 saturated carbocycles. The highest BCUT2D eigenvalue weighted by Gasteiger charge is 2.13. The molecule has 0 unspecified atom stereocenters. The lowest BCUT2D eigenvalue weighted by Crippen LogP contribution is -2.18. The maximum atomic E-state index is 12.6. The van der Waals surface area contributed by atoms with Gasteiger partial charge in [-0.25, -0.2) is 4.99 Å². The third kappa shape index (κ3) is 12.3. The number of aryl methyl sites for hydroxylation is 1. The molecule has 4 aromatic rings. The molecule has 6 nitrogen and oxygen atoms in total. The van der Waals surface area contributed by atoms with E-state index in [9.17, 15) is 9.59 Å². The number of aromatic amines is 1. The SMILES string of the molecule is C.C1CCOC1.CCCCCCCc1[nH]c2ccccc2c(=O)c1C.CCCCCCCc1c(C)c(=O)c2ccccc2n1CN=C=S. The number of isothiocyanates is 1. The Kier molecular flexibility index (Phi) is 19.6. The van der Waals surface area contributed by atoms with Gasteiger partial charge < -0.3 is 14.3 Å². The standard InChI is InChI=1S/C19H24N2OS.C17H23NO.C4H8O.CH4/c1-3-4-5-6-7-11-17-15(2)19(22)16-10-8-9-12-18(16)21(17)13-20-14-23;1-3-4-5-6-7-11-15-13(2)17(19)14-10-8-9-12-16(14)18-15;1-2-4-5-3-1;/h8-10,12H,3-7,11,13H2,1-2H3;8-10,12H,3-7,11H2,1-2H3,(H,18,19);1-4H2;1H4. The van der Waals surface area contributed by atoms with Crippen LogP contribution in [0.5, 0.6) is 0 Å². The lowest BCUT2D eigenvalue weighted by atomic mass is 10.0. The molecular weight excluding hydrogens is 615 g/mol. The van der Waals surface area contributed by atoms with Gasteiger partial charge in [-0.1, -0.05) is 96.9 Å². The summed E-state index contributed by atoms with van der Waals surface area (Å²) in [6.07, 6.45) is 16.8. The van der Waals surface area contributed by atoms with E-state index in [4.69, 9.17) is 17.0 Å². The van der Waals surface area contributed by atoms with Crippen molar-refractivity contribution in [3.63, 3.8) is 0 Å². The van der Waals surface area contributed by atoms with Crippen molar-refractivity contribution in [1.82, 2.24) is 9.55 Å². The molecule has 0 amide bonds. The van der Waals surface area contributed by atoms with Gasteiger partial charge in [0.15, 0.2) is 10.9 Å². The number of pyridine rings is 2. The van der Waals surface area contributed by atoms with Crippen molar-refractivity contribution < 1.29 is 4.74 Å². The zero-order valence-corrected chi connectivity index (χ0v) is 30.0. The first-order valence-electron chi connectivity index (χ1n) is 17.8. The summed E-state index contributed by atoms with van der Waals surface area (Å²) in [7, 11) is 0. The second-order valence-electron chi connectivity index (χ2n) is 12.5. The molecule has 7 heteroatoms. The predicted octanol–water partition coefficient (Wildman–Crippen LogP) is 10.7. The summed E-state index contributed by atoms with van der Waals surface area (Å²) < 4.78 is 7.06. The van der Waals surface area contributed by atoms with E-state index in [2.05, 4.69) is 33.6 Å². The average Bonchev–Trinajstić information content (AvgIpc) is 3.69. The lowest BCUT2D eigenvalue weighted by molar-refractivity contribution is 0.198. The van der Waals surface area contributed by atoms with E-state index in [1.54, 1.807) is 0 Å². The highest BCUT2D eigenvalue weighted by atomic mass is 32.1. The van der Waals surface area contributed by atoms with Crippen molar-refractivity contribution in [2.75, 3.05) is 13.2 Å². The molecule has 48 heavy (non-hydrogen) atoms. The van der Waals surface area contributed by atoms with E-state index < -0.39 is 0 Å². The first-order valence-corrected chi connectivity index (χ1v) is 18.2. The number of para-hydroxylation sites is 2. The van der Waals surface area contributed by atoms with Crippen LogP contribution in [0.3, 0.4) is 0 Å². The van der Waals surface area contributed by atoms with Gasteiger partial charge in [-0.2, -0.15) is 0 Å². The van der Waals surface area contributed by atoms with E-state index in [0.717, 1.165) is 83.2 Å². The van der Waals surface area contributed by atoms with E-state index >= 15 is 0 Å². The molecule has 0 spiro atoms. The summed E-state index contributed by atoms with van der Waals surface area (Å²) in [6, 6.07) is 15.5. The number of aliphatic imine (C=N–C) groups is 1. The van der Waals surface area contributed by atoms with Crippen LogP contribution in [-0.4, -0.2) is 27.9 Å². The van der Waals surface area contributed by atoms with Gasteiger partial charge in [-0.05, 0) is 88.9 Å². The fraction of sp³-hybridized carbons (Fsp3) is 0.537. The van der Waals surface area contributed by atoms with E-state index in [0.29, 0.717) is 6.67 Å². The molecule has 2 aromatic carbocycles. The van der Waals surface area contributed by atoms with Crippen molar-refractivity contribution in [2.24, 2.45) is 4.99 Å². The molecule has 5 rings (SSSR count). The Balaban J connectivity index is 0.000000288. The molecule has 1 aliphatic rings. The first-order chi connectivity index (χ1) is 22.9. The van der Waals surface area contributed by atoms with E-state index in [1.807, 2.05) is 62.4 Å². The molecule has 1 N–H and O–H groups in total. The maximum absolute atomic E-state index is 12.6. The summed E-state index contributed by atoms with van der Waals surface area (Å²) in [5.41, 5.74) is 6.11. The van der Waals surface area contributed by atoms with Gasteiger partial charge in [-0.3, -0.25) is 9.59 Å². The second-order valence-corrected chi connectivity index (χ2v) is 12.7. The minimum Gasteiger partial charge on any atom is -0.381 e. The fourth-order valence-electron chi connectivity index (χ4n) is 6.11. The number of unbranched alkanes of at least 4 members (excludes halogenated alkanes) is 8. The van der Waals surface area contributed by atoms with Gasteiger partial charge in [-0.15, -0.1) is 0 Å². The Morgan fingerprint density at radius 3 is 1.94 bits per heavy atom. The molecule has 0 atom stereocenters. The van der Waals surface area contributed by atoms with Crippen LogP contribution in [0.2, 0.25) is 0 Å². The Morgan fingerprint density at radius 1 is 0.771 bits per heavy atom. The number of hydrogen-bond donors (Lipinski definition) is 1. The summed E-state index contributed by atoms with van der Waals surface area (Å²) in [5, 5.41) is 3.99. The molecule has 1 fully saturated rings. The van der Waals surface area contributed by atoms with Crippen LogP contribution in [0.1, 0.15) is 121 Å². The fourth-order valence-corrected chi connectivity index (χ4v) is 6.17. The minimum absolute atomic E-state index is 0. The molecule has 1 aliphatic heterocycles. The second kappa shape index (κ2) is 23.1. The summed E-state index contributed by atoms with van der Waals surface area (Å²) in [4.78, 5) is 32.4. The number of H-pyrrole nitrogens is 1. The zero-order valence-electron chi connectivity index (χ0n) is 29.2. The number of hydrogen-bond acceptors (Lipinski definition) is 5. The van der Waals surface area contributed by atoms with Crippen molar-refractivity contribution in [3.8, 4) is 0 Å². The van der Waals surface area contributed by atoms with Crippen LogP contribution >= 0.6 is 12.2 Å². The monoisotopic (exact) mass is 673 g/mol. The van der Waals surface area contributed by atoms with Crippen LogP contribution in [0.25, 0.3) is 21.8 Å². The molecule has 262 valence electrons. The van der Waals surface area contributed by atoms with Gasteiger partial charge in [0.25, 0.3) is 0 Å².